The predicted octanol–water partition coefficient (Wildman–Crippen LogP) is 4.96. The summed E-state index contributed by atoms with van der Waals surface area (Å²) in [6.07, 6.45) is 9.79. The van der Waals surface area contributed by atoms with Crippen molar-refractivity contribution in [1.29, 1.82) is 0 Å². The summed E-state index contributed by atoms with van der Waals surface area (Å²) in [7, 11) is 0. The van der Waals surface area contributed by atoms with Gasteiger partial charge in [-0.2, -0.15) is 0 Å². The molecule has 1 aliphatic rings. The van der Waals surface area contributed by atoms with Gasteiger partial charge in [-0.15, -0.1) is 11.8 Å². The highest BCUT2D eigenvalue weighted by atomic mass is 32.2. The highest BCUT2D eigenvalue weighted by molar-refractivity contribution is 8.02. The number of thioether (sulfide) groups is 1. The standard InChI is InChI=1S/C19H34N2OS/c1-7-11-21-13-17(12-16(21)4)14-22-19(20-5)10-9-18(23-6)15(3)8-2/h9-10,15-17H,5,7-8,11-14H2,1-4,6H3/b18-9+,19-10+. The van der Waals surface area contributed by atoms with Gasteiger partial charge in [0, 0.05) is 24.6 Å². The van der Waals surface area contributed by atoms with Crippen LogP contribution in [0.25, 0.3) is 0 Å². The lowest BCUT2D eigenvalue weighted by Gasteiger charge is -2.19. The lowest BCUT2D eigenvalue weighted by Crippen LogP contribution is -2.28. The zero-order valence-electron chi connectivity index (χ0n) is 15.5. The van der Waals surface area contributed by atoms with Gasteiger partial charge in [-0.1, -0.05) is 20.8 Å². The minimum atomic E-state index is 0.575. The van der Waals surface area contributed by atoms with E-state index in [2.05, 4.69) is 56.6 Å². The van der Waals surface area contributed by atoms with Gasteiger partial charge < -0.3 is 9.64 Å². The fourth-order valence-corrected chi connectivity index (χ4v) is 3.85. The topological polar surface area (TPSA) is 24.8 Å². The Balaban J connectivity index is 2.55. The van der Waals surface area contributed by atoms with Gasteiger partial charge in [0.1, 0.15) is 0 Å². The summed E-state index contributed by atoms with van der Waals surface area (Å²) in [5, 5.41) is 0. The fourth-order valence-electron chi connectivity index (χ4n) is 3.08. The van der Waals surface area contributed by atoms with E-state index >= 15 is 0 Å². The van der Waals surface area contributed by atoms with Gasteiger partial charge in [-0.05, 0) is 62.6 Å². The Morgan fingerprint density at radius 1 is 1.43 bits per heavy atom. The quantitative estimate of drug-likeness (QED) is 0.320. The molecule has 132 valence electrons. The molecule has 0 spiro atoms. The van der Waals surface area contributed by atoms with Gasteiger partial charge in [-0.25, -0.2) is 4.99 Å². The van der Waals surface area contributed by atoms with E-state index in [1.54, 1.807) is 11.8 Å². The van der Waals surface area contributed by atoms with Crippen molar-refractivity contribution in [2.45, 2.75) is 53.0 Å². The highest BCUT2D eigenvalue weighted by Gasteiger charge is 2.28. The Morgan fingerprint density at radius 2 is 2.17 bits per heavy atom. The number of ether oxygens (including phenoxy) is 1. The third kappa shape index (κ3) is 6.72. The molecule has 1 aliphatic heterocycles. The van der Waals surface area contributed by atoms with Gasteiger partial charge in [0.2, 0.25) is 5.88 Å². The van der Waals surface area contributed by atoms with Crippen molar-refractivity contribution in [3.8, 4) is 0 Å². The molecule has 1 fully saturated rings. The first kappa shape index (κ1) is 20.3. The van der Waals surface area contributed by atoms with Crippen molar-refractivity contribution >= 4 is 18.5 Å². The molecule has 0 aromatic carbocycles. The van der Waals surface area contributed by atoms with Crippen LogP contribution >= 0.6 is 11.8 Å². The second-order valence-corrected chi connectivity index (χ2v) is 7.38. The molecular formula is C19H34N2OS. The van der Waals surface area contributed by atoms with Crippen molar-refractivity contribution in [2.24, 2.45) is 16.8 Å². The maximum Gasteiger partial charge on any atom is 0.212 e. The van der Waals surface area contributed by atoms with Crippen LogP contribution in [-0.2, 0) is 4.74 Å². The first-order valence-corrected chi connectivity index (χ1v) is 10.1. The molecule has 0 aliphatic carbocycles. The molecule has 4 heteroatoms. The highest BCUT2D eigenvalue weighted by Crippen LogP contribution is 2.26. The summed E-state index contributed by atoms with van der Waals surface area (Å²) < 4.78 is 5.91. The zero-order chi connectivity index (χ0) is 17.2. The Kier molecular flexibility index (Phi) is 9.65. The first-order chi connectivity index (χ1) is 11.0. The molecule has 23 heavy (non-hydrogen) atoms. The number of nitrogens with zero attached hydrogens (tertiary/aromatic N) is 2. The van der Waals surface area contributed by atoms with Crippen molar-refractivity contribution in [2.75, 3.05) is 26.0 Å². The number of aliphatic imine (C=N–C) groups is 1. The van der Waals surface area contributed by atoms with Crippen LogP contribution in [0.1, 0.15) is 47.0 Å². The molecule has 0 amide bonds. The molecule has 1 saturated heterocycles. The van der Waals surface area contributed by atoms with Gasteiger partial charge in [0.25, 0.3) is 0 Å². The molecule has 0 bridgehead atoms. The first-order valence-electron chi connectivity index (χ1n) is 8.85. The third-order valence-electron chi connectivity index (χ3n) is 4.65. The molecule has 0 N–H and O–H groups in total. The van der Waals surface area contributed by atoms with Crippen molar-refractivity contribution < 1.29 is 4.74 Å². The fraction of sp³-hybridized carbons (Fsp3) is 0.737. The van der Waals surface area contributed by atoms with E-state index in [-0.39, 0.29) is 0 Å². The molecule has 0 saturated carbocycles. The Morgan fingerprint density at radius 3 is 2.74 bits per heavy atom. The molecule has 1 heterocycles. The maximum atomic E-state index is 5.91. The summed E-state index contributed by atoms with van der Waals surface area (Å²) in [4.78, 5) is 7.96. The SMILES string of the molecule is C=N/C(=C\C=C(\SC)C(C)CC)OCC1CC(C)N(CCC)C1. The number of allylic oxidation sites excluding steroid dienone is 3. The molecule has 3 unspecified atom stereocenters. The van der Waals surface area contributed by atoms with Crippen LogP contribution in [0.5, 0.6) is 0 Å². The minimum Gasteiger partial charge on any atom is -0.477 e. The van der Waals surface area contributed by atoms with Crippen LogP contribution < -0.4 is 0 Å². The van der Waals surface area contributed by atoms with Crippen molar-refractivity contribution in [3.05, 3.63) is 22.9 Å². The third-order valence-corrected chi connectivity index (χ3v) is 5.66. The van der Waals surface area contributed by atoms with Crippen LogP contribution in [-0.4, -0.2) is 43.6 Å². The summed E-state index contributed by atoms with van der Waals surface area (Å²) in [6, 6.07) is 0.668. The molecule has 3 atom stereocenters. The van der Waals surface area contributed by atoms with Gasteiger partial charge in [-0.3, -0.25) is 0 Å². The number of hydrogen-bond donors (Lipinski definition) is 0. The van der Waals surface area contributed by atoms with E-state index in [0.717, 1.165) is 19.6 Å². The Hall–Kier alpha value is -0.740. The van der Waals surface area contributed by atoms with Crippen LogP contribution in [0.2, 0.25) is 0 Å². The van der Waals surface area contributed by atoms with Crippen LogP contribution in [0.3, 0.4) is 0 Å². The summed E-state index contributed by atoms with van der Waals surface area (Å²) in [6.45, 7) is 15.7. The average Bonchev–Trinajstić information content (AvgIpc) is 2.90. The Bertz CT molecular complexity index is 420. The molecule has 0 radical (unpaired) electrons. The van der Waals surface area contributed by atoms with E-state index in [1.165, 1.54) is 24.3 Å². The average molecular weight is 339 g/mol. The molecule has 0 aromatic rings. The largest absolute Gasteiger partial charge is 0.477 e. The maximum absolute atomic E-state index is 5.91. The van der Waals surface area contributed by atoms with Crippen LogP contribution in [0, 0.1) is 11.8 Å². The van der Waals surface area contributed by atoms with E-state index in [9.17, 15) is 0 Å². The monoisotopic (exact) mass is 338 g/mol. The van der Waals surface area contributed by atoms with Crippen molar-refractivity contribution in [1.82, 2.24) is 4.90 Å². The van der Waals surface area contributed by atoms with E-state index < -0.39 is 0 Å². The van der Waals surface area contributed by atoms with Crippen molar-refractivity contribution in [3.63, 3.8) is 0 Å². The number of rotatable bonds is 10. The van der Waals surface area contributed by atoms with E-state index in [0.29, 0.717) is 23.8 Å². The lowest BCUT2D eigenvalue weighted by atomic mass is 10.1. The second-order valence-electron chi connectivity index (χ2n) is 6.50. The molecular weight excluding hydrogens is 304 g/mol. The molecule has 1 rings (SSSR count). The second kappa shape index (κ2) is 10.9. The van der Waals surface area contributed by atoms with Gasteiger partial charge >= 0.3 is 0 Å². The summed E-state index contributed by atoms with van der Waals surface area (Å²) >= 11 is 1.80. The number of likely N-dealkylation sites (tertiary alicyclic amines) is 1. The van der Waals surface area contributed by atoms with E-state index in [1.807, 2.05) is 6.08 Å². The normalized spacial score (nSPS) is 24.7. The van der Waals surface area contributed by atoms with Crippen LogP contribution in [0.15, 0.2) is 27.9 Å². The Labute approximate surface area is 147 Å². The zero-order valence-corrected chi connectivity index (χ0v) is 16.4. The van der Waals surface area contributed by atoms with E-state index in [4.69, 9.17) is 4.74 Å². The predicted molar refractivity (Wildman–Crippen MR) is 104 cm³/mol. The molecule has 3 nitrogen and oxygen atoms in total. The minimum absolute atomic E-state index is 0.575. The van der Waals surface area contributed by atoms with Gasteiger partial charge in [0.05, 0.1) is 6.61 Å². The number of hydrogen-bond acceptors (Lipinski definition) is 4. The molecule has 0 aromatic heterocycles. The lowest BCUT2D eigenvalue weighted by molar-refractivity contribution is 0.163. The van der Waals surface area contributed by atoms with Crippen LogP contribution in [0.4, 0.5) is 0 Å². The smallest absolute Gasteiger partial charge is 0.212 e. The summed E-state index contributed by atoms with van der Waals surface area (Å²) in [5.74, 6) is 1.81. The summed E-state index contributed by atoms with van der Waals surface area (Å²) in [5.41, 5.74) is 0. The van der Waals surface area contributed by atoms with Gasteiger partial charge in [0.15, 0.2) is 0 Å².